The van der Waals surface area contributed by atoms with Crippen molar-refractivity contribution in [1.29, 1.82) is 0 Å². The third kappa shape index (κ3) is 3.68. The van der Waals surface area contributed by atoms with Gasteiger partial charge in [-0.15, -0.1) is 0 Å². The van der Waals surface area contributed by atoms with E-state index in [0.717, 1.165) is 28.5 Å². The van der Waals surface area contributed by atoms with Crippen molar-refractivity contribution in [1.82, 2.24) is 10.0 Å². The molecule has 1 aromatic carbocycles. The summed E-state index contributed by atoms with van der Waals surface area (Å²) in [7, 11) is 0. The lowest BCUT2D eigenvalue weighted by atomic mass is 10.2. The molecule has 0 bridgehead atoms. The predicted molar refractivity (Wildman–Crippen MR) is 90.6 cm³/mol. The molecule has 6 heteroatoms. The monoisotopic (exact) mass is 412 g/mol. The summed E-state index contributed by atoms with van der Waals surface area (Å²) >= 11 is 2.25. The summed E-state index contributed by atoms with van der Waals surface area (Å²) in [6.07, 6.45) is 4.41. The molecule has 3 rings (SSSR count). The molecule has 1 amide bonds. The van der Waals surface area contributed by atoms with Crippen LogP contribution in [0.3, 0.4) is 0 Å². The largest absolute Gasteiger partial charge is 0.350 e. The fourth-order valence-corrected chi connectivity index (χ4v) is 2.92. The lowest BCUT2D eigenvalue weighted by Gasteiger charge is -2.22. The summed E-state index contributed by atoms with van der Waals surface area (Å²) in [5.74, 6) is -0.280. The van der Waals surface area contributed by atoms with E-state index < -0.39 is 0 Å². The van der Waals surface area contributed by atoms with Crippen LogP contribution in [0.2, 0.25) is 0 Å². The molecule has 1 unspecified atom stereocenters. The van der Waals surface area contributed by atoms with Gasteiger partial charge in [0, 0.05) is 28.5 Å². The molecule has 2 heterocycles. The van der Waals surface area contributed by atoms with Gasteiger partial charge in [0.05, 0.1) is 0 Å². The Kier molecular flexibility index (Phi) is 5.12. The highest BCUT2D eigenvalue weighted by molar-refractivity contribution is 14.1. The Hall–Kier alpha value is -1.38. The number of carbonyl (C=O) groups is 1. The number of rotatable bonds is 4. The zero-order valence-electron chi connectivity index (χ0n) is 12.0. The Morgan fingerprint density at radius 2 is 2.23 bits per heavy atom. The molecule has 1 aliphatic heterocycles. The van der Waals surface area contributed by atoms with E-state index in [1.54, 1.807) is 6.07 Å². The fourth-order valence-electron chi connectivity index (χ4n) is 2.39. The number of amides is 1. The fraction of sp³-hybridized carbons (Fsp3) is 0.312. The second kappa shape index (κ2) is 7.26. The van der Waals surface area contributed by atoms with Gasteiger partial charge in [-0.2, -0.15) is 0 Å². The number of nitrogens with one attached hydrogen (secondary N) is 1. The molecule has 22 heavy (non-hydrogen) atoms. The van der Waals surface area contributed by atoms with Crippen molar-refractivity contribution < 1.29 is 14.4 Å². The molecule has 2 aromatic rings. The molecule has 0 saturated carbocycles. The predicted octanol–water partition coefficient (Wildman–Crippen LogP) is 3.27. The average Bonchev–Trinajstić information content (AvgIpc) is 3.03. The lowest BCUT2D eigenvalue weighted by molar-refractivity contribution is -0.186. The van der Waals surface area contributed by atoms with Gasteiger partial charge in [-0.3, -0.25) is 4.79 Å². The quantitative estimate of drug-likeness (QED) is 0.620. The number of halogens is 1. The summed E-state index contributed by atoms with van der Waals surface area (Å²) < 4.78 is 8.38. The number of hydrogen-bond donors (Lipinski definition) is 1. The first kappa shape index (κ1) is 15.5. The smallest absolute Gasteiger partial charge is 0.291 e. The normalized spacial score (nSPS) is 18.1. The van der Waals surface area contributed by atoms with Crippen molar-refractivity contribution >= 4 is 28.5 Å². The van der Waals surface area contributed by atoms with Crippen LogP contribution in [0.1, 0.15) is 29.8 Å². The summed E-state index contributed by atoms with van der Waals surface area (Å²) in [5, 5.41) is 0. The Morgan fingerprint density at radius 1 is 1.32 bits per heavy atom. The Bertz CT molecular complexity index is 650. The average molecular weight is 412 g/mol. The topological polar surface area (TPSA) is 52.5 Å². The first-order chi connectivity index (χ1) is 10.7. The first-order valence-corrected chi connectivity index (χ1v) is 8.33. The Balaban J connectivity index is 1.69. The zero-order chi connectivity index (χ0) is 15.4. The molecule has 0 radical (unpaired) electrons. The van der Waals surface area contributed by atoms with E-state index in [4.69, 9.17) is 9.57 Å². The number of hydrogen-bond acceptors (Lipinski definition) is 3. The molecule has 1 saturated heterocycles. The van der Waals surface area contributed by atoms with E-state index in [-0.39, 0.29) is 12.2 Å². The second-order valence-electron chi connectivity index (χ2n) is 5.09. The van der Waals surface area contributed by atoms with Gasteiger partial charge in [0.25, 0.3) is 5.91 Å². The zero-order valence-corrected chi connectivity index (χ0v) is 14.2. The lowest BCUT2D eigenvalue weighted by Crippen LogP contribution is -2.33. The maximum Gasteiger partial charge on any atom is 0.291 e. The van der Waals surface area contributed by atoms with Crippen LogP contribution in [0, 0.1) is 3.57 Å². The van der Waals surface area contributed by atoms with Crippen LogP contribution in [-0.4, -0.2) is 23.4 Å². The van der Waals surface area contributed by atoms with E-state index in [2.05, 4.69) is 28.1 Å². The molecule has 1 N–H and O–H groups in total. The Morgan fingerprint density at radius 3 is 3.00 bits per heavy atom. The molecule has 1 fully saturated rings. The van der Waals surface area contributed by atoms with E-state index in [0.29, 0.717) is 12.3 Å². The number of hydroxylamine groups is 1. The van der Waals surface area contributed by atoms with Crippen LogP contribution >= 0.6 is 22.6 Å². The van der Waals surface area contributed by atoms with Gasteiger partial charge in [-0.25, -0.2) is 10.3 Å². The highest BCUT2D eigenvalue weighted by Crippen LogP contribution is 2.16. The van der Waals surface area contributed by atoms with E-state index in [1.807, 2.05) is 41.1 Å². The molecule has 116 valence electrons. The number of benzene rings is 1. The number of aromatic nitrogens is 1. The van der Waals surface area contributed by atoms with E-state index in [1.165, 1.54) is 0 Å². The van der Waals surface area contributed by atoms with Crippen molar-refractivity contribution in [2.45, 2.75) is 25.6 Å². The van der Waals surface area contributed by atoms with Gasteiger partial charge >= 0.3 is 0 Å². The first-order valence-electron chi connectivity index (χ1n) is 7.25. The minimum absolute atomic E-state index is 0.280. The minimum atomic E-state index is -0.348. The van der Waals surface area contributed by atoms with Crippen LogP contribution in [0.25, 0.3) is 5.69 Å². The standard InChI is InChI=1S/C16H17IN2O3/c17-12-5-3-6-13(11-12)19-9-4-7-14(19)16(20)18-22-15-8-1-2-10-21-15/h3-7,9,11,15H,1-2,8,10H2,(H,18,20). The van der Waals surface area contributed by atoms with E-state index >= 15 is 0 Å². The van der Waals surface area contributed by atoms with Crippen LogP contribution in [0.15, 0.2) is 42.6 Å². The van der Waals surface area contributed by atoms with Crippen LogP contribution in [0.5, 0.6) is 0 Å². The number of ether oxygens (including phenoxy) is 1. The van der Waals surface area contributed by atoms with E-state index in [9.17, 15) is 4.79 Å². The summed E-state index contributed by atoms with van der Waals surface area (Å²) in [5.41, 5.74) is 3.96. The van der Waals surface area contributed by atoms with Crippen LogP contribution in [0.4, 0.5) is 0 Å². The molecule has 0 spiro atoms. The number of carbonyl (C=O) groups excluding carboxylic acids is 1. The van der Waals surface area contributed by atoms with Crippen LogP contribution < -0.4 is 5.48 Å². The highest BCUT2D eigenvalue weighted by Gasteiger charge is 2.18. The van der Waals surface area contributed by atoms with Crippen molar-refractivity contribution in [3.05, 3.63) is 51.9 Å². The van der Waals surface area contributed by atoms with Gasteiger partial charge in [-0.1, -0.05) is 6.07 Å². The Labute approximate surface area is 142 Å². The van der Waals surface area contributed by atoms with Gasteiger partial charge in [0.2, 0.25) is 0 Å². The molecule has 0 aliphatic carbocycles. The van der Waals surface area contributed by atoms with Crippen molar-refractivity contribution in [2.75, 3.05) is 6.61 Å². The van der Waals surface area contributed by atoms with Crippen molar-refractivity contribution in [3.8, 4) is 5.69 Å². The van der Waals surface area contributed by atoms with Crippen molar-refractivity contribution in [3.63, 3.8) is 0 Å². The molecule has 1 aromatic heterocycles. The molecular formula is C16H17IN2O3. The van der Waals surface area contributed by atoms with Gasteiger partial charge < -0.3 is 9.30 Å². The molecule has 1 atom stereocenters. The SMILES string of the molecule is O=C(NOC1CCCCO1)c1cccn1-c1cccc(I)c1. The summed E-state index contributed by atoms with van der Waals surface area (Å²) in [6, 6.07) is 11.6. The third-order valence-electron chi connectivity index (χ3n) is 3.49. The molecule has 5 nitrogen and oxygen atoms in total. The summed E-state index contributed by atoms with van der Waals surface area (Å²) in [4.78, 5) is 17.7. The van der Waals surface area contributed by atoms with Gasteiger partial charge in [-0.05, 0) is 65.8 Å². The van der Waals surface area contributed by atoms with Gasteiger partial charge in [0.1, 0.15) is 5.69 Å². The molecular weight excluding hydrogens is 395 g/mol. The van der Waals surface area contributed by atoms with Gasteiger partial charge in [0.15, 0.2) is 6.29 Å². The number of nitrogens with zero attached hydrogens (tertiary/aromatic N) is 1. The highest BCUT2D eigenvalue weighted by atomic mass is 127. The maximum atomic E-state index is 12.3. The minimum Gasteiger partial charge on any atom is -0.350 e. The van der Waals surface area contributed by atoms with Crippen LogP contribution in [-0.2, 0) is 9.57 Å². The summed E-state index contributed by atoms with van der Waals surface area (Å²) in [6.45, 7) is 0.680. The third-order valence-corrected chi connectivity index (χ3v) is 4.16. The maximum absolute atomic E-state index is 12.3. The second-order valence-corrected chi connectivity index (χ2v) is 6.33. The molecule has 1 aliphatic rings. The van der Waals surface area contributed by atoms with Crippen molar-refractivity contribution in [2.24, 2.45) is 0 Å².